The number of rotatable bonds is 0. The maximum Gasteiger partial charge on any atom is 0.0390 e. The molecule has 0 aliphatic heterocycles. The Morgan fingerprint density at radius 2 is 0.444 bits per heavy atom. The highest BCUT2D eigenvalue weighted by molar-refractivity contribution is 5.27. The predicted octanol–water partition coefficient (Wildman–Crippen LogP) is 2.61. The Kier molecular flexibility index (Phi) is 7.10. The van der Waals surface area contributed by atoms with E-state index >= 15 is 0 Å². The van der Waals surface area contributed by atoms with E-state index in [0.717, 1.165) is 0 Å². The number of hydrogen-bond donors (Lipinski definition) is 0. The Labute approximate surface area is 107 Å². The summed E-state index contributed by atoms with van der Waals surface area (Å²) in [5.74, 6) is 16.4. The van der Waals surface area contributed by atoms with Gasteiger partial charge in [0.1, 0.15) is 0 Å². The summed E-state index contributed by atoms with van der Waals surface area (Å²) in [4.78, 5) is 0. The predicted molar refractivity (Wildman–Crippen MR) is 71.8 cm³/mol. The lowest BCUT2D eigenvalue weighted by atomic mass is 10.4. The third-order valence-corrected chi connectivity index (χ3v) is 1.37. The van der Waals surface area contributed by atoms with Gasteiger partial charge in [0.2, 0.25) is 0 Å². The lowest BCUT2D eigenvalue weighted by Crippen LogP contribution is -1.48. The first-order chi connectivity index (χ1) is 9.00. The second-order valence-electron chi connectivity index (χ2n) is 2.60. The molecule has 0 aromatic rings. The monoisotopic (exact) mass is 222 g/mol. The Bertz CT molecular complexity index is 612. The summed E-state index contributed by atoms with van der Waals surface area (Å²) in [7, 11) is 0. The van der Waals surface area contributed by atoms with Crippen LogP contribution in [0.5, 0.6) is 0 Å². The highest BCUT2D eigenvalue weighted by Crippen LogP contribution is 1.69. The quantitative estimate of drug-likeness (QED) is 0.436. The van der Waals surface area contributed by atoms with Crippen LogP contribution in [-0.2, 0) is 0 Å². The van der Waals surface area contributed by atoms with Crippen LogP contribution in [0.2, 0.25) is 0 Å². The van der Waals surface area contributed by atoms with Gasteiger partial charge in [0.25, 0.3) is 0 Å². The lowest BCUT2D eigenvalue weighted by Gasteiger charge is -1.60. The van der Waals surface area contributed by atoms with Gasteiger partial charge < -0.3 is 0 Å². The van der Waals surface area contributed by atoms with Crippen molar-refractivity contribution >= 4 is 0 Å². The van der Waals surface area contributed by atoms with Gasteiger partial charge in [-0.05, 0) is 0 Å². The van der Waals surface area contributed by atoms with Gasteiger partial charge in [0.15, 0.2) is 0 Å². The van der Waals surface area contributed by atoms with E-state index < -0.39 is 0 Å². The fraction of sp³-hybridized carbons (Fsp3) is 0. The van der Waals surface area contributed by atoms with Gasteiger partial charge >= 0.3 is 0 Å². The van der Waals surface area contributed by atoms with E-state index in [0.29, 0.717) is 0 Å². The van der Waals surface area contributed by atoms with Crippen molar-refractivity contribution in [2.45, 2.75) is 0 Å². The molecule has 0 atom stereocenters. The molecule has 0 N–H and O–H groups in total. The van der Waals surface area contributed by atoms with Crippen LogP contribution in [0.4, 0.5) is 0 Å². The Balaban J connectivity index is 3.14. The van der Waals surface area contributed by atoms with Crippen molar-refractivity contribution in [2.24, 2.45) is 0 Å². The molecule has 1 aliphatic carbocycles. The molecule has 78 valence electrons. The normalized spacial score (nSPS) is 10.7. The van der Waals surface area contributed by atoms with E-state index in [9.17, 15) is 0 Å². The second kappa shape index (κ2) is 10.1. The summed E-state index contributed by atoms with van der Waals surface area (Å²) >= 11 is 0. The molecule has 0 spiro atoms. The molecule has 0 saturated heterocycles. The van der Waals surface area contributed by atoms with Crippen LogP contribution >= 0.6 is 0 Å². The van der Waals surface area contributed by atoms with E-state index in [1.165, 1.54) is 0 Å². The molecule has 1 rings (SSSR count). The van der Waals surface area contributed by atoms with Gasteiger partial charge in [0, 0.05) is 36.5 Å². The van der Waals surface area contributed by atoms with Crippen molar-refractivity contribution < 1.29 is 0 Å². The smallest absolute Gasteiger partial charge is 0.0390 e. The highest BCUT2D eigenvalue weighted by atomic mass is 13.6. The van der Waals surface area contributed by atoms with Crippen LogP contribution in [-0.4, -0.2) is 0 Å². The third-order valence-electron chi connectivity index (χ3n) is 1.37. The molecule has 0 aromatic carbocycles. The molecule has 0 bridgehead atoms. The Hall–Kier alpha value is -3.42. The van der Waals surface area contributed by atoms with Gasteiger partial charge in [-0.3, -0.25) is 0 Å². The van der Waals surface area contributed by atoms with Gasteiger partial charge in [-0.1, -0.05) is 69.9 Å². The van der Waals surface area contributed by atoms with Gasteiger partial charge in [-0.15, -0.1) is 0 Å². The van der Waals surface area contributed by atoms with Crippen LogP contribution in [0.25, 0.3) is 0 Å². The van der Waals surface area contributed by atoms with E-state index in [2.05, 4.69) is 69.9 Å². The Morgan fingerprint density at radius 1 is 0.278 bits per heavy atom. The van der Waals surface area contributed by atoms with Crippen molar-refractivity contribution in [1.82, 2.24) is 0 Å². The molecule has 1 aliphatic rings. The highest BCUT2D eigenvalue weighted by Gasteiger charge is 1.57. The minimum atomic E-state index is 1.54. The zero-order valence-electron chi connectivity index (χ0n) is 9.46. The summed E-state index contributed by atoms with van der Waals surface area (Å²) in [5, 5.41) is 0. The van der Waals surface area contributed by atoms with Crippen molar-refractivity contribution in [3.8, 4) is 35.5 Å². The second-order valence-corrected chi connectivity index (χ2v) is 2.60. The summed E-state index contributed by atoms with van der Waals surface area (Å²) in [6, 6.07) is 0. The molecule has 0 heterocycles. The zero-order valence-corrected chi connectivity index (χ0v) is 9.46. The summed E-state index contributed by atoms with van der Waals surface area (Å²) < 4.78 is 0. The van der Waals surface area contributed by atoms with E-state index in [1.54, 1.807) is 36.5 Å². The van der Waals surface area contributed by atoms with Crippen molar-refractivity contribution in [3.63, 3.8) is 0 Å². The lowest BCUT2D eigenvalue weighted by molar-refractivity contribution is 2.05. The molecule has 0 radical (unpaired) electrons. The van der Waals surface area contributed by atoms with Gasteiger partial charge in [-0.2, -0.15) is 0 Å². The Morgan fingerprint density at radius 3 is 0.611 bits per heavy atom. The van der Waals surface area contributed by atoms with Crippen LogP contribution < -0.4 is 0 Å². The summed E-state index contributed by atoms with van der Waals surface area (Å²) in [6.45, 7) is 0. The van der Waals surface area contributed by atoms with Gasteiger partial charge in [-0.25, -0.2) is 0 Å². The van der Waals surface area contributed by atoms with Crippen molar-refractivity contribution in [2.75, 3.05) is 0 Å². The third kappa shape index (κ3) is 7.94. The van der Waals surface area contributed by atoms with Crippen LogP contribution in [0.15, 0.2) is 70.8 Å². The first-order valence-electron chi connectivity index (χ1n) is 4.96. The number of hydrogen-bond acceptors (Lipinski definition) is 0. The largest absolute Gasteiger partial charge is 0.0604 e. The summed E-state index contributed by atoms with van der Waals surface area (Å²) in [5.41, 5.74) is 16.4. The van der Waals surface area contributed by atoms with Crippen LogP contribution in [0, 0.1) is 35.5 Å². The molecule has 0 unspecified atom stereocenters. The summed E-state index contributed by atoms with van der Waals surface area (Å²) in [6.07, 6.45) is 9.26. The molecule has 0 amide bonds. The van der Waals surface area contributed by atoms with Crippen LogP contribution in [0.1, 0.15) is 0 Å². The minimum Gasteiger partial charge on any atom is -0.0604 e. The average molecular weight is 222 g/mol. The standard InChI is InChI=1S/C18H6/c1-2-4-6-8-10-12-14-16-18-17-15-13-11-9-7-5-3-1/h1,6-7,12-13,18H. The van der Waals surface area contributed by atoms with E-state index in [1.807, 2.05) is 0 Å². The molecule has 0 aromatic heterocycles. The molecule has 0 fully saturated rings. The first kappa shape index (κ1) is 12.6. The first-order valence-corrected chi connectivity index (χ1v) is 4.96. The molecule has 0 heteroatoms. The molecule has 0 nitrogen and oxygen atoms in total. The number of allylic oxidation sites excluding steroid dienone is 6. The molecule has 0 saturated carbocycles. The zero-order chi connectivity index (χ0) is 12.7. The maximum absolute atomic E-state index is 2.73. The minimum absolute atomic E-state index is 1.54. The SMILES string of the molecule is C1=C=CC#CC=C=C=CC#CC=C=C=CC#CC=1. The molecular weight excluding hydrogens is 216 g/mol. The van der Waals surface area contributed by atoms with Crippen molar-refractivity contribution in [1.29, 1.82) is 0 Å². The fourth-order valence-corrected chi connectivity index (χ4v) is 0.717. The van der Waals surface area contributed by atoms with E-state index in [4.69, 9.17) is 0 Å². The van der Waals surface area contributed by atoms with Crippen LogP contribution in [0.3, 0.4) is 0 Å². The van der Waals surface area contributed by atoms with Crippen molar-refractivity contribution in [3.05, 3.63) is 70.8 Å². The fourth-order valence-electron chi connectivity index (χ4n) is 0.717. The molecular formula is C18H6. The molecule has 18 heavy (non-hydrogen) atoms. The van der Waals surface area contributed by atoms with E-state index in [-0.39, 0.29) is 0 Å². The van der Waals surface area contributed by atoms with Gasteiger partial charge in [0.05, 0.1) is 0 Å². The topological polar surface area (TPSA) is 0 Å². The maximum atomic E-state index is 2.73. The average Bonchev–Trinajstić information content (AvgIpc) is 2.39.